The largest absolute Gasteiger partial charge is 0.326 e. The molecule has 0 aliphatic heterocycles. The highest BCUT2D eigenvalue weighted by Crippen LogP contribution is 2.15. The highest BCUT2D eigenvalue weighted by molar-refractivity contribution is 9.10. The topological polar surface area (TPSA) is 70.6 Å². The summed E-state index contributed by atoms with van der Waals surface area (Å²) in [5.41, 5.74) is 3.85. The summed E-state index contributed by atoms with van der Waals surface area (Å²) in [6.07, 6.45) is 1.65. The molecule has 0 heterocycles. The Labute approximate surface area is 153 Å². The number of anilines is 1. The van der Waals surface area contributed by atoms with E-state index in [1.807, 2.05) is 24.3 Å². The van der Waals surface area contributed by atoms with Crippen LogP contribution in [0.3, 0.4) is 0 Å². The Kier molecular flexibility index (Phi) is 6.96. The molecule has 0 aliphatic rings. The molecule has 2 N–H and O–H groups in total. The van der Waals surface area contributed by atoms with Crippen molar-refractivity contribution in [2.75, 3.05) is 5.32 Å². The molecule has 0 bridgehead atoms. The van der Waals surface area contributed by atoms with Crippen LogP contribution in [0.4, 0.5) is 5.69 Å². The summed E-state index contributed by atoms with van der Waals surface area (Å²) in [5.74, 6) is -0.589. The van der Waals surface area contributed by atoms with Gasteiger partial charge in [0.15, 0.2) is 0 Å². The van der Waals surface area contributed by atoms with Gasteiger partial charge in [-0.05, 0) is 35.9 Å². The zero-order valence-electron chi connectivity index (χ0n) is 12.6. The van der Waals surface area contributed by atoms with Crippen LogP contribution >= 0.6 is 27.5 Å². The van der Waals surface area contributed by atoms with Gasteiger partial charge in [-0.3, -0.25) is 9.59 Å². The smallest absolute Gasteiger partial charge is 0.240 e. The van der Waals surface area contributed by atoms with Gasteiger partial charge in [0.2, 0.25) is 11.8 Å². The van der Waals surface area contributed by atoms with Gasteiger partial charge in [-0.15, -0.1) is 0 Å². The first-order valence-electron chi connectivity index (χ1n) is 7.16. The summed E-state index contributed by atoms with van der Waals surface area (Å²) in [6.45, 7) is 0. The van der Waals surface area contributed by atoms with Gasteiger partial charge in [0.1, 0.15) is 0 Å². The van der Waals surface area contributed by atoms with Crippen LogP contribution in [-0.4, -0.2) is 18.0 Å². The number of halogens is 2. The Bertz CT molecular complexity index is 748. The normalized spacial score (nSPS) is 10.6. The molecule has 0 aromatic heterocycles. The zero-order chi connectivity index (χ0) is 17.4. The zero-order valence-corrected chi connectivity index (χ0v) is 15.0. The Morgan fingerprint density at radius 1 is 1.08 bits per heavy atom. The van der Waals surface area contributed by atoms with Crippen molar-refractivity contribution in [3.8, 4) is 0 Å². The molecule has 24 heavy (non-hydrogen) atoms. The van der Waals surface area contributed by atoms with E-state index < -0.39 is 0 Å². The van der Waals surface area contributed by atoms with Crippen LogP contribution in [0.25, 0.3) is 0 Å². The van der Waals surface area contributed by atoms with E-state index in [4.69, 9.17) is 11.6 Å². The molecule has 2 rings (SSSR count). The Morgan fingerprint density at radius 3 is 2.50 bits per heavy atom. The van der Waals surface area contributed by atoms with E-state index in [1.165, 1.54) is 6.21 Å². The fourth-order valence-corrected chi connectivity index (χ4v) is 2.25. The predicted octanol–water partition coefficient (Wildman–Crippen LogP) is 3.97. The quantitative estimate of drug-likeness (QED) is 0.561. The van der Waals surface area contributed by atoms with Crippen LogP contribution < -0.4 is 10.7 Å². The van der Waals surface area contributed by atoms with Crippen LogP contribution in [-0.2, 0) is 9.59 Å². The fraction of sp³-hybridized carbons (Fsp3) is 0.118. The molecule has 2 aromatic carbocycles. The molecule has 0 fully saturated rings. The Hall–Kier alpha value is -2.18. The van der Waals surface area contributed by atoms with Crippen molar-refractivity contribution in [2.24, 2.45) is 5.10 Å². The van der Waals surface area contributed by atoms with Crippen molar-refractivity contribution in [3.63, 3.8) is 0 Å². The molecule has 0 saturated heterocycles. The van der Waals surface area contributed by atoms with Gasteiger partial charge in [0.05, 0.1) is 6.21 Å². The number of carbonyl (C=O) groups excluding carboxylic acids is 2. The van der Waals surface area contributed by atoms with Gasteiger partial charge in [0.25, 0.3) is 0 Å². The molecule has 7 heteroatoms. The van der Waals surface area contributed by atoms with Gasteiger partial charge < -0.3 is 5.32 Å². The van der Waals surface area contributed by atoms with Gasteiger partial charge >= 0.3 is 0 Å². The van der Waals surface area contributed by atoms with Crippen LogP contribution in [0.5, 0.6) is 0 Å². The summed E-state index contributed by atoms with van der Waals surface area (Å²) in [5, 5.41) is 7.07. The van der Waals surface area contributed by atoms with Gasteiger partial charge in [0, 0.05) is 28.0 Å². The van der Waals surface area contributed by atoms with Crippen LogP contribution in [0.1, 0.15) is 18.4 Å². The molecule has 0 unspecified atom stereocenters. The van der Waals surface area contributed by atoms with Crippen molar-refractivity contribution in [1.29, 1.82) is 0 Å². The first-order chi connectivity index (χ1) is 11.5. The van der Waals surface area contributed by atoms with E-state index in [9.17, 15) is 9.59 Å². The van der Waals surface area contributed by atoms with Crippen molar-refractivity contribution in [3.05, 3.63) is 63.6 Å². The molecule has 0 atom stereocenters. The minimum Gasteiger partial charge on any atom is -0.326 e. The van der Waals surface area contributed by atoms with Gasteiger partial charge in [-0.1, -0.05) is 45.7 Å². The minimum atomic E-state index is -0.329. The molecule has 2 amide bonds. The number of amides is 2. The van der Waals surface area contributed by atoms with Crippen LogP contribution in [0.15, 0.2) is 58.1 Å². The summed E-state index contributed by atoms with van der Waals surface area (Å²) in [7, 11) is 0. The van der Waals surface area contributed by atoms with Crippen molar-refractivity contribution >= 4 is 51.2 Å². The predicted molar refractivity (Wildman–Crippen MR) is 99.2 cm³/mol. The van der Waals surface area contributed by atoms with Gasteiger partial charge in [-0.25, -0.2) is 5.43 Å². The summed E-state index contributed by atoms with van der Waals surface area (Å²) in [4.78, 5) is 23.4. The van der Waals surface area contributed by atoms with Crippen molar-refractivity contribution in [1.82, 2.24) is 5.43 Å². The first-order valence-corrected chi connectivity index (χ1v) is 8.33. The number of hydrazone groups is 1. The van der Waals surface area contributed by atoms with E-state index in [2.05, 4.69) is 31.8 Å². The molecule has 0 spiro atoms. The number of carbonyl (C=O) groups is 2. The maximum absolute atomic E-state index is 11.8. The van der Waals surface area contributed by atoms with Crippen molar-refractivity contribution in [2.45, 2.75) is 12.8 Å². The lowest BCUT2D eigenvalue weighted by Crippen LogP contribution is -2.20. The SMILES string of the molecule is O=C(CCC(=O)Nc1cccc(Cl)c1)N/N=C\c1ccc(Br)cc1. The maximum atomic E-state index is 11.8. The number of hydrogen-bond donors (Lipinski definition) is 2. The summed E-state index contributed by atoms with van der Waals surface area (Å²) >= 11 is 9.18. The van der Waals surface area contributed by atoms with E-state index in [0.717, 1.165) is 10.0 Å². The van der Waals surface area contributed by atoms with Crippen LogP contribution in [0.2, 0.25) is 5.02 Å². The Morgan fingerprint density at radius 2 is 1.79 bits per heavy atom. The standard InChI is InChI=1S/C17H15BrClN3O2/c18-13-6-4-12(5-7-13)11-20-22-17(24)9-8-16(23)21-15-3-1-2-14(19)10-15/h1-7,10-11H,8-9H2,(H,21,23)(H,22,24)/b20-11-. The molecular formula is C17H15BrClN3O2. The lowest BCUT2D eigenvalue weighted by molar-refractivity contribution is -0.124. The Balaban J connectivity index is 1.72. The van der Waals surface area contributed by atoms with Crippen molar-refractivity contribution < 1.29 is 9.59 Å². The lowest BCUT2D eigenvalue weighted by atomic mass is 10.2. The third-order valence-electron chi connectivity index (χ3n) is 2.96. The second-order valence-electron chi connectivity index (χ2n) is 4.90. The molecule has 5 nitrogen and oxygen atoms in total. The number of benzene rings is 2. The average Bonchev–Trinajstić information content (AvgIpc) is 2.55. The molecule has 2 aromatic rings. The summed E-state index contributed by atoms with van der Waals surface area (Å²) in [6, 6.07) is 14.3. The molecule has 124 valence electrons. The molecule has 0 saturated carbocycles. The number of nitrogens with zero attached hydrogens (tertiary/aromatic N) is 1. The average molecular weight is 409 g/mol. The number of rotatable bonds is 6. The van der Waals surface area contributed by atoms with E-state index >= 15 is 0 Å². The molecular weight excluding hydrogens is 394 g/mol. The highest BCUT2D eigenvalue weighted by Gasteiger charge is 2.07. The minimum absolute atomic E-state index is 0.0457. The lowest BCUT2D eigenvalue weighted by Gasteiger charge is -2.05. The summed E-state index contributed by atoms with van der Waals surface area (Å²) < 4.78 is 0.967. The van der Waals surface area contributed by atoms with Crippen LogP contribution in [0, 0.1) is 0 Å². The third kappa shape index (κ3) is 6.52. The first kappa shape index (κ1) is 18.2. The number of nitrogens with one attached hydrogen (secondary N) is 2. The molecule has 0 radical (unpaired) electrons. The van der Waals surface area contributed by atoms with E-state index in [-0.39, 0.29) is 24.7 Å². The second-order valence-corrected chi connectivity index (χ2v) is 6.26. The highest BCUT2D eigenvalue weighted by atomic mass is 79.9. The second kappa shape index (κ2) is 9.20. The number of hydrogen-bond acceptors (Lipinski definition) is 3. The van der Waals surface area contributed by atoms with E-state index in [1.54, 1.807) is 24.3 Å². The monoisotopic (exact) mass is 407 g/mol. The third-order valence-corrected chi connectivity index (χ3v) is 3.72. The van der Waals surface area contributed by atoms with Gasteiger partial charge in [-0.2, -0.15) is 5.10 Å². The van der Waals surface area contributed by atoms with E-state index in [0.29, 0.717) is 10.7 Å². The maximum Gasteiger partial charge on any atom is 0.240 e. The molecule has 0 aliphatic carbocycles. The fourth-order valence-electron chi connectivity index (χ4n) is 1.80.